The molecule has 1 N–H and O–H groups in total. The van der Waals surface area contributed by atoms with Crippen LogP contribution in [0.1, 0.15) is 29.5 Å². The molecule has 0 aliphatic carbocycles. The maximum Gasteiger partial charge on any atom is 0.0108 e. The van der Waals surface area contributed by atoms with E-state index in [1.165, 1.54) is 42.5 Å². The molecule has 0 aromatic heterocycles. The molecule has 1 aromatic carbocycles. The van der Waals surface area contributed by atoms with Gasteiger partial charge in [0, 0.05) is 6.04 Å². The second kappa shape index (κ2) is 4.14. The van der Waals surface area contributed by atoms with Crippen LogP contribution in [0.4, 0.5) is 0 Å². The van der Waals surface area contributed by atoms with Crippen molar-refractivity contribution in [3.8, 4) is 0 Å². The zero-order chi connectivity index (χ0) is 9.97. The number of aryl methyl sites for hydroxylation is 2. The van der Waals surface area contributed by atoms with Crippen molar-refractivity contribution in [1.29, 1.82) is 0 Å². The molecule has 0 radical (unpaired) electrons. The van der Waals surface area contributed by atoms with E-state index in [9.17, 15) is 0 Å². The molecule has 1 aliphatic heterocycles. The fourth-order valence-corrected chi connectivity index (χ4v) is 2.22. The van der Waals surface area contributed by atoms with Crippen molar-refractivity contribution in [3.63, 3.8) is 0 Å². The first kappa shape index (κ1) is 9.72. The highest BCUT2D eigenvalue weighted by Crippen LogP contribution is 2.16. The standard InChI is InChI=1S/C13H19N/c1-10-5-6-11(2)12(8-10)9-13-4-3-7-14-13/h5-6,8,13-14H,3-4,7,9H2,1-2H3/t13-/m1/s1. The van der Waals surface area contributed by atoms with E-state index in [1.807, 2.05) is 0 Å². The lowest BCUT2D eigenvalue weighted by Crippen LogP contribution is -2.23. The van der Waals surface area contributed by atoms with E-state index in [2.05, 4.69) is 37.4 Å². The normalized spacial score (nSPS) is 21.4. The van der Waals surface area contributed by atoms with Gasteiger partial charge in [-0.15, -0.1) is 0 Å². The van der Waals surface area contributed by atoms with E-state index in [0.717, 1.165) is 6.04 Å². The maximum absolute atomic E-state index is 3.55. The van der Waals surface area contributed by atoms with Gasteiger partial charge in [0.2, 0.25) is 0 Å². The predicted octanol–water partition coefficient (Wildman–Crippen LogP) is 2.60. The Morgan fingerprint density at radius 3 is 2.93 bits per heavy atom. The number of benzene rings is 1. The smallest absolute Gasteiger partial charge is 0.0108 e. The van der Waals surface area contributed by atoms with Gasteiger partial charge < -0.3 is 5.32 Å². The fraction of sp³-hybridized carbons (Fsp3) is 0.538. The average Bonchev–Trinajstić information content (AvgIpc) is 2.64. The first-order chi connectivity index (χ1) is 6.75. The molecule has 1 aliphatic rings. The Bertz CT molecular complexity index is 311. The second-order valence-corrected chi connectivity index (χ2v) is 4.43. The Morgan fingerprint density at radius 1 is 1.36 bits per heavy atom. The van der Waals surface area contributed by atoms with E-state index in [-0.39, 0.29) is 0 Å². The Morgan fingerprint density at radius 2 is 2.21 bits per heavy atom. The van der Waals surface area contributed by atoms with Gasteiger partial charge in [-0.3, -0.25) is 0 Å². The summed E-state index contributed by atoms with van der Waals surface area (Å²) in [6.07, 6.45) is 3.89. The van der Waals surface area contributed by atoms with Crippen molar-refractivity contribution in [3.05, 3.63) is 34.9 Å². The summed E-state index contributed by atoms with van der Waals surface area (Å²) in [4.78, 5) is 0. The van der Waals surface area contributed by atoms with Crippen molar-refractivity contribution < 1.29 is 0 Å². The monoisotopic (exact) mass is 189 g/mol. The van der Waals surface area contributed by atoms with E-state index in [1.54, 1.807) is 0 Å². The van der Waals surface area contributed by atoms with Crippen molar-refractivity contribution in [1.82, 2.24) is 5.32 Å². The first-order valence-electron chi connectivity index (χ1n) is 5.55. The van der Waals surface area contributed by atoms with Crippen LogP contribution in [-0.2, 0) is 6.42 Å². The molecular formula is C13H19N. The average molecular weight is 189 g/mol. The molecule has 1 heterocycles. The Hall–Kier alpha value is -0.820. The predicted molar refractivity (Wildman–Crippen MR) is 60.6 cm³/mol. The Labute approximate surface area is 86.5 Å². The minimum absolute atomic E-state index is 0.718. The summed E-state index contributed by atoms with van der Waals surface area (Å²) in [6, 6.07) is 7.48. The van der Waals surface area contributed by atoms with Crippen LogP contribution in [-0.4, -0.2) is 12.6 Å². The molecule has 1 saturated heterocycles. The topological polar surface area (TPSA) is 12.0 Å². The minimum atomic E-state index is 0.718. The summed E-state index contributed by atoms with van der Waals surface area (Å²) in [5, 5.41) is 3.55. The highest BCUT2D eigenvalue weighted by Gasteiger charge is 2.14. The van der Waals surface area contributed by atoms with Gasteiger partial charge in [0.1, 0.15) is 0 Å². The molecule has 0 amide bonds. The highest BCUT2D eigenvalue weighted by atomic mass is 14.9. The van der Waals surface area contributed by atoms with E-state index in [0.29, 0.717) is 0 Å². The van der Waals surface area contributed by atoms with Crippen molar-refractivity contribution in [2.75, 3.05) is 6.54 Å². The summed E-state index contributed by atoms with van der Waals surface area (Å²) in [5.41, 5.74) is 4.33. The molecule has 1 heteroatoms. The van der Waals surface area contributed by atoms with Gasteiger partial charge in [0.15, 0.2) is 0 Å². The van der Waals surface area contributed by atoms with Crippen LogP contribution in [0.15, 0.2) is 18.2 Å². The largest absolute Gasteiger partial charge is 0.314 e. The highest BCUT2D eigenvalue weighted by molar-refractivity contribution is 5.31. The van der Waals surface area contributed by atoms with E-state index >= 15 is 0 Å². The van der Waals surface area contributed by atoms with Crippen LogP contribution in [0.2, 0.25) is 0 Å². The molecule has 1 nitrogen and oxygen atoms in total. The number of rotatable bonds is 2. The lowest BCUT2D eigenvalue weighted by atomic mass is 9.98. The summed E-state index contributed by atoms with van der Waals surface area (Å²) >= 11 is 0. The summed E-state index contributed by atoms with van der Waals surface area (Å²) in [6.45, 7) is 5.59. The Kier molecular flexibility index (Phi) is 2.87. The van der Waals surface area contributed by atoms with Crippen LogP contribution in [0.25, 0.3) is 0 Å². The van der Waals surface area contributed by atoms with Crippen LogP contribution in [0.5, 0.6) is 0 Å². The number of hydrogen-bond donors (Lipinski definition) is 1. The van der Waals surface area contributed by atoms with Crippen LogP contribution >= 0.6 is 0 Å². The van der Waals surface area contributed by atoms with Gasteiger partial charge in [0.05, 0.1) is 0 Å². The molecule has 0 spiro atoms. The third-order valence-corrected chi connectivity index (χ3v) is 3.13. The molecule has 0 saturated carbocycles. The third-order valence-electron chi connectivity index (χ3n) is 3.13. The molecule has 1 fully saturated rings. The number of hydrogen-bond acceptors (Lipinski definition) is 1. The molecule has 76 valence electrons. The maximum atomic E-state index is 3.55. The summed E-state index contributed by atoms with van der Waals surface area (Å²) in [7, 11) is 0. The van der Waals surface area contributed by atoms with Gasteiger partial charge >= 0.3 is 0 Å². The lowest BCUT2D eigenvalue weighted by molar-refractivity contribution is 0.601. The molecular weight excluding hydrogens is 170 g/mol. The van der Waals surface area contributed by atoms with Crippen molar-refractivity contribution in [2.24, 2.45) is 0 Å². The second-order valence-electron chi connectivity index (χ2n) is 4.43. The van der Waals surface area contributed by atoms with Gasteiger partial charge in [-0.25, -0.2) is 0 Å². The SMILES string of the molecule is Cc1ccc(C)c(C[C@H]2CCCN2)c1. The van der Waals surface area contributed by atoms with Crippen LogP contribution < -0.4 is 5.32 Å². The molecule has 1 aromatic rings. The molecule has 0 unspecified atom stereocenters. The van der Waals surface area contributed by atoms with Gasteiger partial charge in [-0.1, -0.05) is 23.8 Å². The quantitative estimate of drug-likeness (QED) is 0.754. The van der Waals surface area contributed by atoms with Crippen molar-refractivity contribution in [2.45, 2.75) is 39.2 Å². The minimum Gasteiger partial charge on any atom is -0.314 e. The van der Waals surface area contributed by atoms with E-state index < -0.39 is 0 Å². The van der Waals surface area contributed by atoms with Gasteiger partial charge in [-0.2, -0.15) is 0 Å². The van der Waals surface area contributed by atoms with Crippen molar-refractivity contribution >= 4 is 0 Å². The van der Waals surface area contributed by atoms with Crippen LogP contribution in [0, 0.1) is 13.8 Å². The molecule has 14 heavy (non-hydrogen) atoms. The Balaban J connectivity index is 2.10. The zero-order valence-corrected chi connectivity index (χ0v) is 9.14. The molecule has 1 atom stereocenters. The molecule has 0 bridgehead atoms. The van der Waals surface area contributed by atoms with Crippen LogP contribution in [0.3, 0.4) is 0 Å². The number of nitrogens with one attached hydrogen (secondary N) is 1. The fourth-order valence-electron chi connectivity index (χ4n) is 2.22. The lowest BCUT2D eigenvalue weighted by Gasteiger charge is -2.12. The first-order valence-corrected chi connectivity index (χ1v) is 5.55. The summed E-state index contributed by atoms with van der Waals surface area (Å²) < 4.78 is 0. The van der Waals surface area contributed by atoms with Gasteiger partial charge in [-0.05, 0) is 50.8 Å². The zero-order valence-electron chi connectivity index (χ0n) is 9.14. The van der Waals surface area contributed by atoms with E-state index in [4.69, 9.17) is 0 Å². The molecule has 2 rings (SSSR count). The van der Waals surface area contributed by atoms with Gasteiger partial charge in [0.25, 0.3) is 0 Å². The third kappa shape index (κ3) is 2.16. The summed E-state index contributed by atoms with van der Waals surface area (Å²) in [5.74, 6) is 0.